The van der Waals surface area contributed by atoms with Gasteiger partial charge in [0.15, 0.2) is 10.9 Å². The summed E-state index contributed by atoms with van der Waals surface area (Å²) >= 11 is 1.71. The predicted molar refractivity (Wildman–Crippen MR) is 84.3 cm³/mol. The molecule has 0 spiro atoms. The van der Waals surface area contributed by atoms with Crippen molar-refractivity contribution in [2.75, 3.05) is 0 Å². The molecule has 0 radical (unpaired) electrons. The van der Waals surface area contributed by atoms with E-state index in [4.69, 9.17) is 0 Å². The molecule has 104 valence electrons. The number of aryl methyl sites for hydroxylation is 1. The van der Waals surface area contributed by atoms with E-state index in [0.29, 0.717) is 0 Å². The first-order valence-electron chi connectivity index (χ1n) is 6.86. The zero-order valence-electron chi connectivity index (χ0n) is 11.6. The van der Waals surface area contributed by atoms with Gasteiger partial charge in [-0.25, -0.2) is 14.4 Å². The topological polar surface area (TPSA) is 48.6 Å². The number of fused-ring (bicyclic) bond motifs is 2. The van der Waals surface area contributed by atoms with E-state index in [1.165, 1.54) is 11.4 Å². The Labute approximate surface area is 126 Å². The lowest BCUT2D eigenvalue weighted by Crippen LogP contribution is -2.21. The molecule has 4 rings (SSSR count). The smallest absolute Gasteiger partial charge is 0.284 e. The van der Waals surface area contributed by atoms with Crippen molar-refractivity contribution >= 4 is 28.4 Å². The minimum absolute atomic E-state index is 0.862. The average molecular weight is 295 g/mol. The van der Waals surface area contributed by atoms with Crippen LogP contribution in [-0.2, 0) is 5.75 Å². The summed E-state index contributed by atoms with van der Waals surface area (Å²) in [6.45, 7) is 2.11. The summed E-state index contributed by atoms with van der Waals surface area (Å²) in [5, 5.41) is 0.955. The molecule has 1 aromatic carbocycles. The first-order chi connectivity index (χ1) is 10.3. The Morgan fingerprint density at radius 3 is 2.86 bits per heavy atom. The van der Waals surface area contributed by atoms with E-state index in [1.807, 2.05) is 18.2 Å². The maximum absolute atomic E-state index is 4.59. The zero-order chi connectivity index (χ0) is 14.2. The number of nitrogens with zero attached hydrogens (tertiary/aromatic N) is 2. The van der Waals surface area contributed by atoms with Crippen molar-refractivity contribution in [3.8, 4) is 0 Å². The highest BCUT2D eigenvalue weighted by Gasteiger charge is 2.11. The van der Waals surface area contributed by atoms with Crippen LogP contribution in [0.3, 0.4) is 0 Å². The number of pyridine rings is 1. The van der Waals surface area contributed by atoms with Gasteiger partial charge in [-0.1, -0.05) is 30.0 Å². The normalized spacial score (nSPS) is 11.5. The van der Waals surface area contributed by atoms with Gasteiger partial charge in [-0.15, -0.1) is 0 Å². The van der Waals surface area contributed by atoms with Gasteiger partial charge in [-0.2, -0.15) is 0 Å². The van der Waals surface area contributed by atoms with Gasteiger partial charge >= 0.3 is 0 Å². The SMILES string of the molecule is Cc1cccc2[nH]c(CSc3nc4ccccc4[nH]3)c[n+]12. The lowest BCUT2D eigenvalue weighted by Gasteiger charge is -1.90. The molecule has 0 atom stereocenters. The third-order valence-corrected chi connectivity index (χ3v) is 4.46. The third kappa shape index (κ3) is 2.29. The van der Waals surface area contributed by atoms with Crippen LogP contribution in [0, 0.1) is 6.92 Å². The quantitative estimate of drug-likeness (QED) is 0.450. The highest BCUT2D eigenvalue weighted by atomic mass is 32.2. The Balaban J connectivity index is 1.58. The van der Waals surface area contributed by atoms with Gasteiger partial charge in [0.25, 0.3) is 5.65 Å². The Hall–Kier alpha value is -2.27. The number of hydrogen-bond donors (Lipinski definition) is 2. The van der Waals surface area contributed by atoms with Crippen LogP contribution in [0.5, 0.6) is 0 Å². The minimum Gasteiger partial charge on any atom is -0.333 e. The van der Waals surface area contributed by atoms with Crippen LogP contribution in [-0.4, -0.2) is 15.0 Å². The van der Waals surface area contributed by atoms with E-state index in [2.05, 4.69) is 56.7 Å². The van der Waals surface area contributed by atoms with Gasteiger partial charge < -0.3 is 4.98 Å². The second-order valence-electron chi connectivity index (χ2n) is 5.05. The fourth-order valence-electron chi connectivity index (χ4n) is 2.47. The fraction of sp³-hybridized carbons (Fsp3) is 0.125. The molecule has 3 aromatic heterocycles. The number of rotatable bonds is 3. The van der Waals surface area contributed by atoms with Gasteiger partial charge in [0, 0.05) is 6.07 Å². The molecule has 2 N–H and O–H groups in total. The molecule has 4 aromatic rings. The van der Waals surface area contributed by atoms with Gasteiger partial charge in [-0.05, 0) is 25.1 Å². The molecule has 0 aliphatic heterocycles. The summed E-state index contributed by atoms with van der Waals surface area (Å²) in [7, 11) is 0. The molecule has 0 bridgehead atoms. The Kier molecular flexibility index (Phi) is 2.93. The summed E-state index contributed by atoms with van der Waals surface area (Å²) < 4.78 is 2.18. The number of aromatic nitrogens is 4. The van der Waals surface area contributed by atoms with Crippen LogP contribution in [0.2, 0.25) is 0 Å². The molecule has 0 fully saturated rings. The molecule has 4 nitrogen and oxygen atoms in total. The summed E-state index contributed by atoms with van der Waals surface area (Å²) in [5.41, 5.74) is 5.64. The van der Waals surface area contributed by atoms with Gasteiger partial charge in [0.1, 0.15) is 11.9 Å². The van der Waals surface area contributed by atoms with E-state index in [1.54, 1.807) is 11.8 Å². The molecule has 21 heavy (non-hydrogen) atoms. The van der Waals surface area contributed by atoms with Crippen molar-refractivity contribution in [3.63, 3.8) is 0 Å². The van der Waals surface area contributed by atoms with Crippen LogP contribution in [0.1, 0.15) is 11.4 Å². The summed E-state index contributed by atoms with van der Waals surface area (Å²) in [5.74, 6) is 0.862. The van der Waals surface area contributed by atoms with Crippen LogP contribution < -0.4 is 4.40 Å². The maximum atomic E-state index is 4.59. The lowest BCUT2D eigenvalue weighted by atomic mass is 10.3. The van der Waals surface area contributed by atoms with E-state index in [-0.39, 0.29) is 0 Å². The van der Waals surface area contributed by atoms with Crippen molar-refractivity contribution in [2.45, 2.75) is 17.8 Å². The van der Waals surface area contributed by atoms with Crippen LogP contribution in [0.4, 0.5) is 0 Å². The molecule has 0 saturated heterocycles. The van der Waals surface area contributed by atoms with Crippen molar-refractivity contribution < 1.29 is 4.40 Å². The number of thioether (sulfide) groups is 1. The number of hydrogen-bond acceptors (Lipinski definition) is 2. The number of para-hydroxylation sites is 2. The van der Waals surface area contributed by atoms with E-state index in [9.17, 15) is 0 Å². The van der Waals surface area contributed by atoms with Crippen LogP contribution in [0.25, 0.3) is 16.7 Å². The monoisotopic (exact) mass is 295 g/mol. The second kappa shape index (κ2) is 4.93. The number of nitrogens with one attached hydrogen (secondary N) is 2. The molecule has 3 heterocycles. The van der Waals surface area contributed by atoms with Crippen molar-refractivity contribution in [3.05, 3.63) is 60.0 Å². The highest BCUT2D eigenvalue weighted by Crippen LogP contribution is 2.22. The van der Waals surface area contributed by atoms with Gasteiger partial charge in [0.05, 0.1) is 16.8 Å². The summed E-state index contributed by atoms with van der Waals surface area (Å²) in [6.07, 6.45) is 2.15. The fourth-order valence-corrected chi connectivity index (χ4v) is 3.26. The number of imidazole rings is 2. The lowest BCUT2D eigenvalue weighted by molar-refractivity contribution is -0.518. The van der Waals surface area contributed by atoms with Crippen molar-refractivity contribution in [1.82, 2.24) is 15.0 Å². The van der Waals surface area contributed by atoms with E-state index in [0.717, 1.165) is 27.6 Å². The molecular formula is C16H15N4S+. The number of benzene rings is 1. The third-order valence-electron chi connectivity index (χ3n) is 3.54. The zero-order valence-corrected chi connectivity index (χ0v) is 12.4. The van der Waals surface area contributed by atoms with Gasteiger partial charge in [0.2, 0.25) is 0 Å². The first-order valence-corrected chi connectivity index (χ1v) is 7.84. The molecule has 0 saturated carbocycles. The molecule has 5 heteroatoms. The molecule has 0 aliphatic carbocycles. The minimum atomic E-state index is 0.862. The van der Waals surface area contributed by atoms with Gasteiger partial charge in [-0.3, -0.25) is 0 Å². The predicted octanol–water partition coefficient (Wildman–Crippen LogP) is 3.23. The Bertz CT molecular complexity index is 889. The molecule has 0 aliphatic rings. The Morgan fingerprint density at radius 2 is 2.00 bits per heavy atom. The summed E-state index contributed by atoms with van der Waals surface area (Å²) in [6, 6.07) is 14.4. The highest BCUT2D eigenvalue weighted by molar-refractivity contribution is 7.98. The molecule has 0 amide bonds. The Morgan fingerprint density at radius 1 is 1.10 bits per heavy atom. The number of aromatic amines is 2. The largest absolute Gasteiger partial charge is 0.333 e. The van der Waals surface area contributed by atoms with Crippen LogP contribution in [0.15, 0.2) is 53.8 Å². The van der Waals surface area contributed by atoms with E-state index >= 15 is 0 Å². The van der Waals surface area contributed by atoms with Crippen molar-refractivity contribution in [1.29, 1.82) is 0 Å². The second-order valence-corrected chi connectivity index (χ2v) is 6.01. The first kappa shape index (κ1) is 12.5. The van der Waals surface area contributed by atoms with E-state index < -0.39 is 0 Å². The van der Waals surface area contributed by atoms with Crippen molar-refractivity contribution in [2.24, 2.45) is 0 Å². The van der Waals surface area contributed by atoms with Crippen LogP contribution >= 0.6 is 11.8 Å². The maximum Gasteiger partial charge on any atom is 0.284 e. The summed E-state index contributed by atoms with van der Waals surface area (Å²) in [4.78, 5) is 11.4. The number of H-pyrrole nitrogens is 2. The molecule has 0 unspecified atom stereocenters. The molecular weight excluding hydrogens is 280 g/mol. The average Bonchev–Trinajstić information content (AvgIpc) is 3.09. The standard InChI is InChI=1S/C16H14N4S/c1-11-5-4-8-15-17-12(9-20(11)15)10-21-16-18-13-6-2-3-7-14(13)19-16/h2-9H,10H2,1H3,(H,18,19)/p+1.